The van der Waals surface area contributed by atoms with Crippen molar-refractivity contribution in [1.29, 1.82) is 0 Å². The molecule has 0 saturated carbocycles. The molecule has 0 spiro atoms. The quantitative estimate of drug-likeness (QED) is 0.308. The van der Waals surface area contributed by atoms with E-state index >= 15 is 0 Å². The molecule has 15 heavy (non-hydrogen) atoms. The van der Waals surface area contributed by atoms with Crippen LogP contribution in [-0.2, 0) is 13.6 Å². The summed E-state index contributed by atoms with van der Waals surface area (Å²) in [4.78, 5) is 0. The van der Waals surface area contributed by atoms with E-state index in [4.69, 9.17) is 9.05 Å². The molecule has 4 heteroatoms. The van der Waals surface area contributed by atoms with Crippen LogP contribution in [0.4, 0.5) is 0 Å². The van der Waals surface area contributed by atoms with E-state index in [0.29, 0.717) is 13.2 Å². The lowest BCUT2D eigenvalue weighted by molar-refractivity contribution is 0.236. The van der Waals surface area contributed by atoms with E-state index in [-0.39, 0.29) is 0 Å². The van der Waals surface area contributed by atoms with Crippen LogP contribution in [0.5, 0.6) is 0 Å². The monoisotopic (exact) mass is 234 g/mol. The Morgan fingerprint density at radius 2 is 1.80 bits per heavy atom. The lowest BCUT2D eigenvalue weighted by atomic mass is 10.1. The molecule has 0 aromatic carbocycles. The van der Waals surface area contributed by atoms with Crippen LogP contribution in [0.1, 0.15) is 45.4 Å². The minimum absolute atomic E-state index is 0.300. The van der Waals surface area contributed by atoms with Gasteiger partial charge in [-0.3, -0.25) is 4.57 Å². The van der Waals surface area contributed by atoms with E-state index in [1.807, 2.05) is 0 Å². The Balaban J connectivity index is 3.09. The summed E-state index contributed by atoms with van der Waals surface area (Å²) in [7, 11) is -2.27. The molecule has 0 aromatic heterocycles. The summed E-state index contributed by atoms with van der Waals surface area (Å²) < 4.78 is 20.9. The molecule has 90 valence electrons. The van der Waals surface area contributed by atoms with Gasteiger partial charge in [-0.1, -0.05) is 45.1 Å². The Morgan fingerprint density at radius 1 is 1.13 bits per heavy atom. The highest BCUT2D eigenvalue weighted by Gasteiger charge is 1.97. The van der Waals surface area contributed by atoms with Crippen molar-refractivity contribution in [2.45, 2.75) is 45.4 Å². The molecule has 1 atom stereocenters. The highest BCUT2D eigenvalue weighted by atomic mass is 31.1. The molecule has 0 radical (unpaired) electrons. The molecule has 0 saturated heterocycles. The van der Waals surface area contributed by atoms with Crippen LogP contribution in [0.15, 0.2) is 12.7 Å². The Kier molecular flexibility index (Phi) is 11.9. The van der Waals surface area contributed by atoms with Crippen molar-refractivity contribution in [3.8, 4) is 0 Å². The van der Waals surface area contributed by atoms with Gasteiger partial charge in [0.15, 0.2) is 0 Å². The third-order valence-electron chi connectivity index (χ3n) is 2.04. The van der Waals surface area contributed by atoms with Crippen LogP contribution < -0.4 is 0 Å². The molecule has 3 nitrogen and oxygen atoms in total. The minimum atomic E-state index is -2.27. The molecule has 0 aromatic rings. The van der Waals surface area contributed by atoms with Crippen molar-refractivity contribution in [1.82, 2.24) is 0 Å². The second-order valence-corrected chi connectivity index (χ2v) is 4.54. The van der Waals surface area contributed by atoms with Crippen molar-refractivity contribution in [3.63, 3.8) is 0 Å². The SMILES string of the molecule is C=CCO[PH](=O)OCCCCCCCC. The Morgan fingerprint density at radius 3 is 2.47 bits per heavy atom. The van der Waals surface area contributed by atoms with E-state index in [2.05, 4.69) is 13.5 Å². The zero-order valence-electron chi connectivity index (χ0n) is 9.67. The lowest BCUT2D eigenvalue weighted by Crippen LogP contribution is -1.89. The predicted molar refractivity (Wildman–Crippen MR) is 64.5 cm³/mol. The first kappa shape index (κ1) is 14.9. The number of unbranched alkanes of at least 4 members (excludes halogenated alkanes) is 5. The molecular weight excluding hydrogens is 211 g/mol. The molecule has 0 bridgehead atoms. The Hall–Kier alpha value is -0.110. The molecule has 0 aliphatic carbocycles. The maximum atomic E-state index is 11.0. The minimum Gasteiger partial charge on any atom is -0.311 e. The van der Waals surface area contributed by atoms with E-state index in [9.17, 15) is 4.57 Å². The smallest absolute Gasteiger partial charge is 0.311 e. The van der Waals surface area contributed by atoms with E-state index in [1.165, 1.54) is 25.7 Å². The fraction of sp³-hybridized carbons (Fsp3) is 0.818. The van der Waals surface area contributed by atoms with Crippen LogP contribution >= 0.6 is 8.25 Å². The predicted octanol–water partition coefficient (Wildman–Crippen LogP) is 3.96. The second-order valence-electron chi connectivity index (χ2n) is 3.47. The highest BCUT2D eigenvalue weighted by molar-refractivity contribution is 7.33. The molecule has 0 amide bonds. The van der Waals surface area contributed by atoms with Gasteiger partial charge < -0.3 is 9.05 Å². The van der Waals surface area contributed by atoms with Gasteiger partial charge in [0.05, 0.1) is 13.2 Å². The number of rotatable bonds is 11. The molecule has 0 rings (SSSR count). The van der Waals surface area contributed by atoms with E-state index in [1.54, 1.807) is 6.08 Å². The Labute approximate surface area is 93.8 Å². The first-order valence-electron chi connectivity index (χ1n) is 5.71. The van der Waals surface area contributed by atoms with Crippen molar-refractivity contribution in [2.24, 2.45) is 0 Å². The normalized spacial score (nSPS) is 12.6. The molecule has 0 aliphatic rings. The summed E-state index contributed by atoms with van der Waals surface area (Å²) in [5, 5.41) is 0. The van der Waals surface area contributed by atoms with Crippen molar-refractivity contribution in [3.05, 3.63) is 12.7 Å². The number of hydrogen-bond donors (Lipinski definition) is 0. The lowest BCUT2D eigenvalue weighted by Gasteiger charge is -2.03. The summed E-state index contributed by atoms with van der Waals surface area (Å²) in [5.41, 5.74) is 0. The molecule has 0 aliphatic heterocycles. The molecule has 0 fully saturated rings. The van der Waals surface area contributed by atoms with Crippen molar-refractivity contribution < 1.29 is 13.6 Å². The maximum absolute atomic E-state index is 11.0. The standard InChI is InChI=1S/C11H23O3P/c1-3-5-6-7-8-9-11-14-15(12)13-10-4-2/h4,15H,2-3,5-11H2,1H3. The highest BCUT2D eigenvalue weighted by Crippen LogP contribution is 2.23. The fourth-order valence-electron chi connectivity index (χ4n) is 1.21. The van der Waals surface area contributed by atoms with Crippen molar-refractivity contribution >= 4 is 8.25 Å². The van der Waals surface area contributed by atoms with Gasteiger partial charge in [-0.2, -0.15) is 0 Å². The summed E-state index contributed by atoms with van der Waals surface area (Å²) in [6.45, 7) is 6.51. The van der Waals surface area contributed by atoms with Gasteiger partial charge >= 0.3 is 8.25 Å². The van der Waals surface area contributed by atoms with Crippen molar-refractivity contribution in [2.75, 3.05) is 13.2 Å². The van der Waals surface area contributed by atoms with Crippen LogP contribution in [0.3, 0.4) is 0 Å². The summed E-state index contributed by atoms with van der Waals surface area (Å²) in [5.74, 6) is 0. The van der Waals surface area contributed by atoms with Gasteiger partial charge in [-0.15, -0.1) is 6.58 Å². The zero-order valence-corrected chi connectivity index (χ0v) is 10.7. The summed E-state index contributed by atoms with van der Waals surface area (Å²) in [6.07, 6.45) is 8.79. The van der Waals surface area contributed by atoms with Gasteiger partial charge in [0.1, 0.15) is 0 Å². The second kappa shape index (κ2) is 12.0. The topological polar surface area (TPSA) is 35.5 Å². The van der Waals surface area contributed by atoms with Crippen LogP contribution in [-0.4, -0.2) is 13.2 Å². The van der Waals surface area contributed by atoms with E-state index < -0.39 is 8.25 Å². The first-order valence-corrected chi connectivity index (χ1v) is 6.94. The fourth-order valence-corrected chi connectivity index (χ4v) is 1.85. The Bertz CT molecular complexity index is 171. The summed E-state index contributed by atoms with van der Waals surface area (Å²) in [6, 6.07) is 0. The molecular formula is C11H23O3P. The van der Waals surface area contributed by atoms with Gasteiger partial charge in [-0.25, -0.2) is 0 Å². The maximum Gasteiger partial charge on any atom is 0.319 e. The van der Waals surface area contributed by atoms with E-state index in [0.717, 1.165) is 12.8 Å². The van der Waals surface area contributed by atoms with Crippen LogP contribution in [0.25, 0.3) is 0 Å². The van der Waals surface area contributed by atoms with Gasteiger partial charge in [0.2, 0.25) is 0 Å². The molecule has 0 heterocycles. The third-order valence-corrected chi connectivity index (χ3v) is 2.88. The average Bonchev–Trinajstić information content (AvgIpc) is 2.25. The third kappa shape index (κ3) is 11.8. The molecule has 1 unspecified atom stereocenters. The van der Waals surface area contributed by atoms with Gasteiger partial charge in [-0.05, 0) is 6.42 Å². The van der Waals surface area contributed by atoms with Crippen LogP contribution in [0, 0.1) is 0 Å². The molecule has 0 N–H and O–H groups in total. The largest absolute Gasteiger partial charge is 0.319 e. The van der Waals surface area contributed by atoms with Gasteiger partial charge in [0.25, 0.3) is 0 Å². The zero-order chi connectivity index (χ0) is 11.4. The van der Waals surface area contributed by atoms with Gasteiger partial charge in [0, 0.05) is 0 Å². The average molecular weight is 234 g/mol. The number of hydrogen-bond acceptors (Lipinski definition) is 3. The first-order chi connectivity index (χ1) is 7.31. The summed E-state index contributed by atoms with van der Waals surface area (Å²) >= 11 is 0. The van der Waals surface area contributed by atoms with Crippen LogP contribution in [0.2, 0.25) is 0 Å².